The minimum Gasteiger partial charge on any atom is -0.496 e. The molecule has 2 aromatic carbocycles. The molecule has 24 heavy (non-hydrogen) atoms. The third-order valence-corrected chi connectivity index (χ3v) is 4.86. The number of amides is 1. The van der Waals surface area contributed by atoms with Gasteiger partial charge in [-0.1, -0.05) is 29.8 Å². The number of nitrogens with one attached hydrogen (secondary N) is 2. The second-order valence-corrected chi connectivity index (χ2v) is 6.93. The Labute approximate surface area is 141 Å². The molecule has 0 atom stereocenters. The van der Waals surface area contributed by atoms with Crippen molar-refractivity contribution < 1.29 is 17.9 Å². The zero-order valence-electron chi connectivity index (χ0n) is 13.6. The molecule has 128 valence electrons. The van der Waals surface area contributed by atoms with Gasteiger partial charge in [-0.05, 0) is 31.2 Å². The molecule has 2 N–H and O–H groups in total. The highest BCUT2D eigenvalue weighted by Crippen LogP contribution is 2.16. The predicted octanol–water partition coefficient (Wildman–Crippen LogP) is 1.71. The number of aryl methyl sites for hydroxylation is 1. The van der Waals surface area contributed by atoms with E-state index >= 15 is 0 Å². The summed E-state index contributed by atoms with van der Waals surface area (Å²) in [7, 11) is -2.09. The third-order valence-electron chi connectivity index (χ3n) is 3.39. The van der Waals surface area contributed by atoms with Crippen LogP contribution in [0.15, 0.2) is 53.4 Å². The maximum atomic E-state index is 12.1. The molecule has 2 rings (SSSR count). The third kappa shape index (κ3) is 4.56. The molecule has 7 heteroatoms. The molecule has 0 spiro atoms. The second-order valence-electron chi connectivity index (χ2n) is 5.17. The van der Waals surface area contributed by atoms with Crippen molar-refractivity contribution >= 4 is 15.9 Å². The Hall–Kier alpha value is -2.38. The van der Waals surface area contributed by atoms with E-state index in [1.807, 2.05) is 6.92 Å². The summed E-state index contributed by atoms with van der Waals surface area (Å²) < 4.78 is 31.8. The van der Waals surface area contributed by atoms with Crippen LogP contribution in [-0.4, -0.2) is 34.5 Å². The van der Waals surface area contributed by atoms with Crippen molar-refractivity contribution in [2.75, 3.05) is 20.2 Å². The molecule has 0 aliphatic rings. The lowest BCUT2D eigenvalue weighted by Gasteiger charge is -2.10. The van der Waals surface area contributed by atoms with Crippen LogP contribution in [0.25, 0.3) is 0 Å². The van der Waals surface area contributed by atoms with Gasteiger partial charge in [0.2, 0.25) is 10.0 Å². The fraction of sp³-hybridized carbons (Fsp3) is 0.235. The molecular weight excluding hydrogens is 328 g/mol. The average Bonchev–Trinajstić information content (AvgIpc) is 2.59. The number of benzene rings is 2. The van der Waals surface area contributed by atoms with Crippen LogP contribution in [0.1, 0.15) is 15.9 Å². The van der Waals surface area contributed by atoms with Crippen LogP contribution in [0.2, 0.25) is 0 Å². The summed E-state index contributed by atoms with van der Waals surface area (Å²) >= 11 is 0. The number of ether oxygens (including phenoxy) is 1. The fourth-order valence-corrected chi connectivity index (χ4v) is 3.12. The topological polar surface area (TPSA) is 84.5 Å². The fourth-order valence-electron chi connectivity index (χ4n) is 2.09. The Morgan fingerprint density at radius 3 is 2.38 bits per heavy atom. The maximum absolute atomic E-state index is 12.1. The molecule has 0 saturated heterocycles. The summed E-state index contributed by atoms with van der Waals surface area (Å²) in [5.74, 6) is 0.150. The number of sulfonamides is 1. The van der Waals surface area contributed by atoms with E-state index < -0.39 is 10.0 Å². The first kappa shape index (κ1) is 18.0. The van der Waals surface area contributed by atoms with E-state index in [4.69, 9.17) is 4.74 Å². The molecule has 0 bridgehead atoms. The standard InChI is InChI=1S/C17H20N2O4S/c1-13-7-9-14(10-8-13)24(21,22)19-12-11-18-17(20)15-5-3-4-6-16(15)23-2/h3-10,19H,11-12H2,1-2H3,(H,18,20). The van der Waals surface area contributed by atoms with Gasteiger partial charge in [-0.3, -0.25) is 4.79 Å². The van der Waals surface area contributed by atoms with Crippen LogP contribution in [0.3, 0.4) is 0 Å². The normalized spacial score (nSPS) is 11.1. The molecule has 0 fully saturated rings. The summed E-state index contributed by atoms with van der Waals surface area (Å²) in [6.07, 6.45) is 0. The smallest absolute Gasteiger partial charge is 0.255 e. The van der Waals surface area contributed by atoms with Gasteiger partial charge in [0, 0.05) is 13.1 Å². The number of carbonyl (C=O) groups excluding carboxylic acids is 1. The van der Waals surface area contributed by atoms with Crippen molar-refractivity contribution in [2.24, 2.45) is 0 Å². The zero-order valence-corrected chi connectivity index (χ0v) is 14.4. The highest BCUT2D eigenvalue weighted by Gasteiger charge is 2.14. The van der Waals surface area contributed by atoms with Gasteiger partial charge >= 0.3 is 0 Å². The monoisotopic (exact) mass is 348 g/mol. The summed E-state index contributed by atoms with van der Waals surface area (Å²) in [5.41, 5.74) is 1.39. The quantitative estimate of drug-likeness (QED) is 0.746. The van der Waals surface area contributed by atoms with Crippen molar-refractivity contribution in [3.8, 4) is 5.75 Å². The van der Waals surface area contributed by atoms with Crippen molar-refractivity contribution in [1.82, 2.24) is 10.0 Å². The molecule has 6 nitrogen and oxygen atoms in total. The summed E-state index contributed by atoms with van der Waals surface area (Å²) in [4.78, 5) is 12.3. The molecule has 0 saturated carbocycles. The number of rotatable bonds is 7. The van der Waals surface area contributed by atoms with E-state index in [1.165, 1.54) is 7.11 Å². The van der Waals surface area contributed by atoms with Gasteiger partial charge in [-0.15, -0.1) is 0 Å². The first-order valence-corrected chi connectivity index (χ1v) is 8.90. The number of methoxy groups -OCH3 is 1. The molecule has 1 amide bonds. The Morgan fingerprint density at radius 2 is 1.71 bits per heavy atom. The lowest BCUT2D eigenvalue weighted by molar-refractivity contribution is 0.0951. The minimum atomic E-state index is -3.58. The van der Waals surface area contributed by atoms with E-state index in [0.717, 1.165) is 5.56 Å². The first-order valence-electron chi connectivity index (χ1n) is 7.41. The van der Waals surface area contributed by atoms with E-state index in [0.29, 0.717) is 11.3 Å². The second kappa shape index (κ2) is 7.94. The SMILES string of the molecule is COc1ccccc1C(=O)NCCNS(=O)(=O)c1ccc(C)cc1. The average molecular weight is 348 g/mol. The summed E-state index contributed by atoms with van der Waals surface area (Å²) in [6.45, 7) is 2.15. The number of hydrogen-bond donors (Lipinski definition) is 2. The first-order chi connectivity index (χ1) is 11.4. The largest absolute Gasteiger partial charge is 0.496 e. The van der Waals surface area contributed by atoms with E-state index in [1.54, 1.807) is 48.5 Å². The van der Waals surface area contributed by atoms with Gasteiger partial charge < -0.3 is 10.1 Å². The lowest BCUT2D eigenvalue weighted by Crippen LogP contribution is -2.34. The lowest BCUT2D eigenvalue weighted by atomic mass is 10.2. The van der Waals surface area contributed by atoms with Crippen molar-refractivity contribution in [3.05, 3.63) is 59.7 Å². The van der Waals surface area contributed by atoms with Gasteiger partial charge in [-0.2, -0.15) is 0 Å². The van der Waals surface area contributed by atoms with Gasteiger partial charge in [0.05, 0.1) is 17.6 Å². The summed E-state index contributed by atoms with van der Waals surface area (Å²) in [5, 5.41) is 2.66. The van der Waals surface area contributed by atoms with Crippen molar-refractivity contribution in [1.29, 1.82) is 0 Å². The van der Waals surface area contributed by atoms with E-state index in [9.17, 15) is 13.2 Å². The number of para-hydroxylation sites is 1. The van der Waals surface area contributed by atoms with Crippen LogP contribution in [0, 0.1) is 6.92 Å². The molecule has 0 aliphatic carbocycles. The molecule has 2 aromatic rings. The van der Waals surface area contributed by atoms with Crippen LogP contribution < -0.4 is 14.8 Å². The van der Waals surface area contributed by atoms with Crippen LogP contribution >= 0.6 is 0 Å². The van der Waals surface area contributed by atoms with Gasteiger partial charge in [0.1, 0.15) is 5.75 Å². The Morgan fingerprint density at radius 1 is 1.04 bits per heavy atom. The van der Waals surface area contributed by atoms with Crippen molar-refractivity contribution in [2.45, 2.75) is 11.8 Å². The van der Waals surface area contributed by atoms with Gasteiger partial charge in [-0.25, -0.2) is 13.1 Å². The zero-order chi connectivity index (χ0) is 17.6. The molecule has 0 heterocycles. The van der Waals surface area contributed by atoms with E-state index in [2.05, 4.69) is 10.0 Å². The van der Waals surface area contributed by atoms with Crippen molar-refractivity contribution in [3.63, 3.8) is 0 Å². The Balaban J connectivity index is 1.88. The summed E-state index contributed by atoms with van der Waals surface area (Å²) in [6, 6.07) is 13.4. The molecule has 0 aliphatic heterocycles. The number of hydrogen-bond acceptors (Lipinski definition) is 4. The van der Waals surface area contributed by atoms with Crippen LogP contribution in [-0.2, 0) is 10.0 Å². The minimum absolute atomic E-state index is 0.0943. The van der Waals surface area contributed by atoms with Gasteiger partial charge in [0.25, 0.3) is 5.91 Å². The Bertz CT molecular complexity index is 802. The van der Waals surface area contributed by atoms with Crippen LogP contribution in [0.5, 0.6) is 5.75 Å². The highest BCUT2D eigenvalue weighted by molar-refractivity contribution is 7.89. The van der Waals surface area contributed by atoms with Gasteiger partial charge in [0.15, 0.2) is 0 Å². The van der Waals surface area contributed by atoms with Crippen LogP contribution in [0.4, 0.5) is 0 Å². The Kier molecular flexibility index (Phi) is 5.94. The van der Waals surface area contributed by atoms with E-state index in [-0.39, 0.29) is 23.9 Å². The number of carbonyl (C=O) groups is 1. The molecular formula is C17H20N2O4S. The molecule has 0 radical (unpaired) electrons. The maximum Gasteiger partial charge on any atom is 0.255 e. The molecule has 0 unspecified atom stereocenters. The predicted molar refractivity (Wildman–Crippen MR) is 91.7 cm³/mol. The highest BCUT2D eigenvalue weighted by atomic mass is 32.2. The molecule has 0 aromatic heterocycles.